The van der Waals surface area contributed by atoms with E-state index in [9.17, 15) is 12.8 Å². The number of benzene rings is 2. The number of hydrogen-bond donors (Lipinski definition) is 2. The average Bonchev–Trinajstić information content (AvgIpc) is 2.40. The van der Waals surface area contributed by atoms with Gasteiger partial charge >= 0.3 is 0 Å². The Morgan fingerprint density at radius 2 is 1.95 bits per heavy atom. The minimum absolute atomic E-state index is 0.0871. The Kier molecular flexibility index (Phi) is 4.42. The molecule has 4 nitrogen and oxygen atoms in total. The van der Waals surface area contributed by atoms with Gasteiger partial charge in [-0.15, -0.1) is 0 Å². The lowest BCUT2D eigenvalue weighted by molar-refractivity contribution is 0.578. The second kappa shape index (κ2) is 5.90. The molecule has 0 fully saturated rings. The van der Waals surface area contributed by atoms with Crippen LogP contribution in [-0.2, 0) is 16.6 Å². The summed E-state index contributed by atoms with van der Waals surface area (Å²) in [5.41, 5.74) is 6.02. The predicted molar refractivity (Wildman–Crippen MR) is 79.0 cm³/mol. The van der Waals surface area contributed by atoms with E-state index in [1.807, 2.05) is 6.07 Å². The average molecular weight is 359 g/mol. The summed E-state index contributed by atoms with van der Waals surface area (Å²) in [5, 5.41) is 0. The molecule has 0 aliphatic carbocycles. The summed E-state index contributed by atoms with van der Waals surface area (Å²) in [6.45, 7) is 0.119. The molecule has 3 N–H and O–H groups in total. The number of anilines is 1. The number of halogens is 2. The van der Waals surface area contributed by atoms with E-state index in [1.165, 1.54) is 12.1 Å². The number of nitrogen functional groups attached to an aromatic ring is 1. The SMILES string of the molecule is Nc1ccc(S(=O)(=O)NCc2cccc(Br)c2)cc1F. The standard InChI is InChI=1S/C13H12BrFN2O2S/c14-10-3-1-2-9(6-10)8-17-20(18,19)11-4-5-13(16)12(15)7-11/h1-7,17H,8,16H2. The molecular formula is C13H12BrFN2O2S. The second-order valence-corrected chi connectivity index (χ2v) is 6.82. The Morgan fingerprint density at radius 3 is 2.60 bits per heavy atom. The van der Waals surface area contributed by atoms with Crippen molar-refractivity contribution in [3.63, 3.8) is 0 Å². The van der Waals surface area contributed by atoms with Crippen molar-refractivity contribution in [1.82, 2.24) is 4.72 Å². The topological polar surface area (TPSA) is 72.2 Å². The minimum atomic E-state index is -3.77. The number of rotatable bonds is 4. The molecule has 20 heavy (non-hydrogen) atoms. The molecule has 0 aliphatic rings. The lowest BCUT2D eigenvalue weighted by Gasteiger charge is -2.08. The van der Waals surface area contributed by atoms with Gasteiger partial charge in [0.05, 0.1) is 10.6 Å². The fourth-order valence-electron chi connectivity index (χ4n) is 1.58. The number of nitrogens with two attached hydrogens (primary N) is 1. The summed E-state index contributed by atoms with van der Waals surface area (Å²) in [5.74, 6) is -0.754. The monoisotopic (exact) mass is 358 g/mol. The van der Waals surface area contributed by atoms with E-state index >= 15 is 0 Å². The van der Waals surface area contributed by atoms with Crippen LogP contribution in [-0.4, -0.2) is 8.42 Å². The van der Waals surface area contributed by atoms with Gasteiger partial charge in [-0.3, -0.25) is 0 Å². The van der Waals surface area contributed by atoms with Crippen molar-refractivity contribution in [3.05, 3.63) is 58.3 Å². The van der Waals surface area contributed by atoms with Gasteiger partial charge in [-0.2, -0.15) is 0 Å². The van der Waals surface area contributed by atoms with Crippen LogP contribution in [0, 0.1) is 5.82 Å². The Hall–Kier alpha value is -1.44. The summed E-state index contributed by atoms with van der Waals surface area (Å²) in [6, 6.07) is 10.6. The van der Waals surface area contributed by atoms with Crippen molar-refractivity contribution < 1.29 is 12.8 Å². The van der Waals surface area contributed by atoms with Gasteiger partial charge in [-0.05, 0) is 35.9 Å². The maximum atomic E-state index is 13.3. The number of sulfonamides is 1. The summed E-state index contributed by atoms with van der Waals surface area (Å²) < 4.78 is 40.6. The van der Waals surface area contributed by atoms with Crippen LogP contribution < -0.4 is 10.5 Å². The summed E-state index contributed by atoms with van der Waals surface area (Å²) in [4.78, 5) is -0.154. The van der Waals surface area contributed by atoms with Gasteiger partial charge in [0.25, 0.3) is 0 Å². The molecule has 106 valence electrons. The van der Waals surface area contributed by atoms with Crippen LogP contribution in [0.4, 0.5) is 10.1 Å². The van der Waals surface area contributed by atoms with E-state index in [0.717, 1.165) is 16.1 Å². The number of hydrogen-bond acceptors (Lipinski definition) is 3. The highest BCUT2D eigenvalue weighted by Crippen LogP contribution is 2.17. The normalized spacial score (nSPS) is 11.5. The van der Waals surface area contributed by atoms with E-state index in [2.05, 4.69) is 20.7 Å². The van der Waals surface area contributed by atoms with E-state index in [1.54, 1.807) is 18.2 Å². The fourth-order valence-corrected chi connectivity index (χ4v) is 3.06. The maximum Gasteiger partial charge on any atom is 0.240 e. The first-order valence-corrected chi connectivity index (χ1v) is 7.95. The van der Waals surface area contributed by atoms with E-state index in [-0.39, 0.29) is 17.1 Å². The molecule has 0 saturated heterocycles. The highest BCUT2D eigenvalue weighted by Gasteiger charge is 2.15. The molecule has 0 atom stereocenters. The van der Waals surface area contributed by atoms with Gasteiger partial charge in [0.15, 0.2) is 0 Å². The molecule has 2 rings (SSSR count). The third kappa shape index (κ3) is 3.56. The fraction of sp³-hybridized carbons (Fsp3) is 0.0769. The smallest absolute Gasteiger partial charge is 0.240 e. The molecule has 0 amide bonds. The zero-order chi connectivity index (χ0) is 14.8. The van der Waals surface area contributed by atoms with Gasteiger partial charge in [-0.25, -0.2) is 17.5 Å². The minimum Gasteiger partial charge on any atom is -0.396 e. The largest absolute Gasteiger partial charge is 0.396 e. The van der Waals surface area contributed by atoms with Gasteiger partial charge < -0.3 is 5.73 Å². The van der Waals surface area contributed by atoms with Crippen LogP contribution in [0.3, 0.4) is 0 Å². The van der Waals surface area contributed by atoms with Crippen LogP contribution in [0.2, 0.25) is 0 Å². The second-order valence-electron chi connectivity index (χ2n) is 4.14. The van der Waals surface area contributed by atoms with E-state index in [0.29, 0.717) is 0 Å². The quantitative estimate of drug-likeness (QED) is 0.825. The van der Waals surface area contributed by atoms with Crippen molar-refractivity contribution in [2.24, 2.45) is 0 Å². The molecule has 2 aromatic rings. The highest BCUT2D eigenvalue weighted by molar-refractivity contribution is 9.10. The Bertz CT molecular complexity index is 735. The lowest BCUT2D eigenvalue weighted by atomic mass is 10.2. The lowest BCUT2D eigenvalue weighted by Crippen LogP contribution is -2.23. The highest BCUT2D eigenvalue weighted by atomic mass is 79.9. The van der Waals surface area contributed by atoms with Gasteiger partial charge in [-0.1, -0.05) is 28.1 Å². The summed E-state index contributed by atoms with van der Waals surface area (Å²) >= 11 is 3.30. The molecule has 0 unspecified atom stereocenters. The molecule has 2 aromatic carbocycles. The van der Waals surface area contributed by atoms with E-state index in [4.69, 9.17) is 5.73 Å². The van der Waals surface area contributed by atoms with Crippen molar-refractivity contribution in [1.29, 1.82) is 0 Å². The molecular weight excluding hydrogens is 347 g/mol. The molecule has 0 spiro atoms. The third-order valence-electron chi connectivity index (χ3n) is 2.64. The zero-order valence-corrected chi connectivity index (χ0v) is 12.7. The molecule has 0 aliphatic heterocycles. The van der Waals surface area contributed by atoms with Crippen LogP contribution in [0.1, 0.15) is 5.56 Å². The van der Waals surface area contributed by atoms with Crippen LogP contribution >= 0.6 is 15.9 Å². The Balaban J connectivity index is 2.17. The third-order valence-corrected chi connectivity index (χ3v) is 4.53. The van der Waals surface area contributed by atoms with Gasteiger partial charge in [0.2, 0.25) is 10.0 Å². The van der Waals surface area contributed by atoms with Crippen molar-refractivity contribution >= 4 is 31.6 Å². The van der Waals surface area contributed by atoms with Gasteiger partial charge in [0.1, 0.15) is 5.82 Å². The van der Waals surface area contributed by atoms with E-state index < -0.39 is 15.8 Å². The Labute approximate surface area is 125 Å². The Morgan fingerprint density at radius 1 is 1.20 bits per heavy atom. The van der Waals surface area contributed by atoms with Crippen molar-refractivity contribution in [2.45, 2.75) is 11.4 Å². The molecule has 0 radical (unpaired) electrons. The first-order chi connectivity index (χ1) is 9.38. The zero-order valence-electron chi connectivity index (χ0n) is 10.3. The van der Waals surface area contributed by atoms with Crippen LogP contribution in [0.5, 0.6) is 0 Å². The van der Waals surface area contributed by atoms with Crippen molar-refractivity contribution in [3.8, 4) is 0 Å². The predicted octanol–water partition coefficient (Wildman–Crippen LogP) is 2.65. The molecule has 0 heterocycles. The van der Waals surface area contributed by atoms with Crippen LogP contribution in [0.15, 0.2) is 51.8 Å². The summed E-state index contributed by atoms with van der Waals surface area (Å²) in [6.07, 6.45) is 0. The maximum absolute atomic E-state index is 13.3. The van der Waals surface area contributed by atoms with Gasteiger partial charge in [0, 0.05) is 11.0 Å². The summed E-state index contributed by atoms with van der Waals surface area (Å²) in [7, 11) is -3.77. The molecule has 7 heteroatoms. The van der Waals surface area contributed by atoms with Crippen molar-refractivity contribution in [2.75, 3.05) is 5.73 Å². The molecule has 0 bridgehead atoms. The first kappa shape index (κ1) is 15.0. The first-order valence-electron chi connectivity index (χ1n) is 5.67. The van der Waals surface area contributed by atoms with Crippen LogP contribution in [0.25, 0.3) is 0 Å². The molecule has 0 aromatic heterocycles. The number of nitrogens with one attached hydrogen (secondary N) is 1. The molecule has 0 saturated carbocycles.